The molecule has 0 aliphatic carbocycles. The van der Waals surface area contributed by atoms with Gasteiger partial charge in [0.2, 0.25) is 0 Å². The quantitative estimate of drug-likeness (QED) is 0.674. The van der Waals surface area contributed by atoms with E-state index in [0.717, 1.165) is 0 Å². The fourth-order valence-corrected chi connectivity index (χ4v) is 0.943. The number of aliphatic hydroxyl groups is 1. The van der Waals surface area contributed by atoms with Crippen LogP contribution in [0.3, 0.4) is 0 Å². The molecule has 0 spiro atoms. The van der Waals surface area contributed by atoms with Crippen LogP contribution < -0.4 is 0 Å². The van der Waals surface area contributed by atoms with Gasteiger partial charge in [0.15, 0.2) is 6.10 Å². The van der Waals surface area contributed by atoms with E-state index in [4.69, 9.17) is 4.52 Å². The van der Waals surface area contributed by atoms with Crippen molar-refractivity contribution in [3.8, 4) is 0 Å². The Balaban J connectivity index is 2.59. The number of methoxy groups -OCH3 is 1. The van der Waals surface area contributed by atoms with E-state index >= 15 is 0 Å². The number of aryl methyl sites for hydroxylation is 1. The summed E-state index contributed by atoms with van der Waals surface area (Å²) in [4.78, 5) is 10.8. The summed E-state index contributed by atoms with van der Waals surface area (Å²) in [6.45, 7) is 1.71. The number of nitrogens with zero attached hydrogens (tertiary/aromatic N) is 1. The van der Waals surface area contributed by atoms with E-state index in [9.17, 15) is 9.90 Å². The smallest absolute Gasteiger partial charge is 0.335 e. The Kier molecular flexibility index (Phi) is 3.02. The summed E-state index contributed by atoms with van der Waals surface area (Å²) < 4.78 is 9.13. The summed E-state index contributed by atoms with van der Waals surface area (Å²) in [6.07, 6.45) is 0.492. The van der Waals surface area contributed by atoms with Gasteiger partial charge in [-0.2, -0.15) is 0 Å². The van der Waals surface area contributed by atoms with Crippen molar-refractivity contribution in [3.63, 3.8) is 0 Å². The normalized spacial score (nSPS) is 12.5. The lowest BCUT2D eigenvalue weighted by Gasteiger charge is -2.05. The lowest BCUT2D eigenvalue weighted by Crippen LogP contribution is -2.24. The molecule has 1 aromatic rings. The molecule has 1 heterocycles. The number of hydrogen-bond acceptors (Lipinski definition) is 5. The van der Waals surface area contributed by atoms with Crippen LogP contribution in [-0.2, 0) is 16.0 Å². The number of esters is 1. The average molecular weight is 185 g/mol. The molecule has 1 rings (SSSR count). The molecular formula is C8H11NO4. The van der Waals surface area contributed by atoms with Gasteiger partial charge in [-0.15, -0.1) is 0 Å². The highest BCUT2D eigenvalue weighted by Gasteiger charge is 2.18. The van der Waals surface area contributed by atoms with E-state index in [1.165, 1.54) is 13.3 Å². The van der Waals surface area contributed by atoms with Crippen LogP contribution in [0.25, 0.3) is 0 Å². The SMILES string of the molecule is COC(=O)C(O)Cc1cnoc1C. The van der Waals surface area contributed by atoms with Gasteiger partial charge in [0.1, 0.15) is 5.76 Å². The van der Waals surface area contributed by atoms with Crippen molar-refractivity contribution in [2.24, 2.45) is 0 Å². The summed E-state index contributed by atoms with van der Waals surface area (Å²) in [5.74, 6) is -0.0523. The topological polar surface area (TPSA) is 72.6 Å². The molecule has 0 fully saturated rings. The number of aliphatic hydroxyl groups excluding tert-OH is 1. The number of carbonyl (C=O) groups is 1. The van der Waals surface area contributed by atoms with Crippen LogP contribution in [0.5, 0.6) is 0 Å². The minimum atomic E-state index is -1.15. The number of ether oxygens (including phenoxy) is 1. The lowest BCUT2D eigenvalue weighted by atomic mass is 10.1. The van der Waals surface area contributed by atoms with Crippen molar-refractivity contribution in [2.45, 2.75) is 19.4 Å². The van der Waals surface area contributed by atoms with Gasteiger partial charge in [-0.05, 0) is 6.92 Å². The van der Waals surface area contributed by atoms with Crippen LogP contribution in [0.15, 0.2) is 10.7 Å². The van der Waals surface area contributed by atoms with E-state index in [2.05, 4.69) is 9.89 Å². The Bertz CT molecular complexity index is 294. The number of carbonyl (C=O) groups excluding carboxylic acids is 1. The van der Waals surface area contributed by atoms with Gasteiger partial charge < -0.3 is 14.4 Å². The third kappa shape index (κ3) is 2.29. The van der Waals surface area contributed by atoms with Gasteiger partial charge >= 0.3 is 5.97 Å². The summed E-state index contributed by atoms with van der Waals surface area (Å²) in [5, 5.41) is 12.8. The van der Waals surface area contributed by atoms with E-state index in [1.807, 2.05) is 0 Å². The molecule has 5 heteroatoms. The Labute approximate surface area is 75.3 Å². The van der Waals surface area contributed by atoms with Gasteiger partial charge in [-0.1, -0.05) is 5.16 Å². The average Bonchev–Trinajstić information content (AvgIpc) is 2.50. The predicted molar refractivity (Wildman–Crippen MR) is 43.0 cm³/mol. The molecule has 0 saturated heterocycles. The standard InChI is InChI=1S/C8H11NO4/c1-5-6(4-9-13-5)3-7(10)8(11)12-2/h4,7,10H,3H2,1-2H3. The molecule has 0 radical (unpaired) electrons. The highest BCUT2D eigenvalue weighted by Crippen LogP contribution is 2.09. The summed E-state index contributed by atoms with van der Waals surface area (Å²) in [7, 11) is 1.23. The molecule has 72 valence electrons. The zero-order valence-electron chi connectivity index (χ0n) is 7.48. The lowest BCUT2D eigenvalue weighted by molar-refractivity contribution is -0.150. The minimum Gasteiger partial charge on any atom is -0.467 e. The van der Waals surface area contributed by atoms with Gasteiger partial charge in [-0.25, -0.2) is 4.79 Å². The van der Waals surface area contributed by atoms with Gasteiger partial charge in [0.05, 0.1) is 13.3 Å². The molecule has 0 aliphatic heterocycles. The maximum atomic E-state index is 10.8. The molecule has 1 unspecified atom stereocenters. The Morgan fingerprint density at radius 3 is 3.00 bits per heavy atom. The molecule has 1 atom stereocenters. The van der Waals surface area contributed by atoms with Crippen LogP contribution in [0.2, 0.25) is 0 Å². The first-order valence-electron chi connectivity index (χ1n) is 3.81. The van der Waals surface area contributed by atoms with Crippen molar-refractivity contribution < 1.29 is 19.2 Å². The Morgan fingerprint density at radius 1 is 1.85 bits per heavy atom. The van der Waals surface area contributed by atoms with Crippen LogP contribution in [0.1, 0.15) is 11.3 Å². The molecule has 0 aromatic carbocycles. The highest BCUT2D eigenvalue weighted by molar-refractivity contribution is 5.74. The van der Waals surface area contributed by atoms with E-state index in [0.29, 0.717) is 11.3 Å². The summed E-state index contributed by atoms with van der Waals surface area (Å²) in [6, 6.07) is 0. The molecule has 0 saturated carbocycles. The van der Waals surface area contributed by atoms with Crippen molar-refractivity contribution in [2.75, 3.05) is 7.11 Å². The third-order valence-electron chi connectivity index (χ3n) is 1.74. The molecule has 0 aliphatic rings. The maximum absolute atomic E-state index is 10.8. The van der Waals surface area contributed by atoms with Crippen molar-refractivity contribution in [1.82, 2.24) is 5.16 Å². The second-order valence-electron chi connectivity index (χ2n) is 2.65. The number of aromatic nitrogens is 1. The second kappa shape index (κ2) is 4.04. The summed E-state index contributed by atoms with van der Waals surface area (Å²) in [5.41, 5.74) is 0.706. The third-order valence-corrected chi connectivity index (χ3v) is 1.74. The van der Waals surface area contributed by atoms with Crippen LogP contribution in [0.4, 0.5) is 0 Å². The van der Waals surface area contributed by atoms with E-state index in [1.54, 1.807) is 6.92 Å². The monoisotopic (exact) mass is 185 g/mol. The molecule has 1 aromatic heterocycles. The molecule has 0 bridgehead atoms. The maximum Gasteiger partial charge on any atom is 0.335 e. The fraction of sp³-hybridized carbons (Fsp3) is 0.500. The van der Waals surface area contributed by atoms with E-state index < -0.39 is 12.1 Å². The molecule has 0 amide bonds. The first-order chi connectivity index (χ1) is 6.15. The van der Waals surface area contributed by atoms with Crippen molar-refractivity contribution >= 4 is 5.97 Å². The zero-order valence-corrected chi connectivity index (χ0v) is 7.48. The van der Waals surface area contributed by atoms with Crippen LogP contribution in [-0.4, -0.2) is 29.4 Å². The zero-order chi connectivity index (χ0) is 9.84. The Morgan fingerprint density at radius 2 is 2.54 bits per heavy atom. The van der Waals surface area contributed by atoms with Crippen molar-refractivity contribution in [1.29, 1.82) is 0 Å². The molecule has 13 heavy (non-hydrogen) atoms. The number of hydrogen-bond donors (Lipinski definition) is 1. The summed E-state index contributed by atoms with van der Waals surface area (Å²) >= 11 is 0. The first kappa shape index (κ1) is 9.73. The van der Waals surface area contributed by atoms with Crippen molar-refractivity contribution in [3.05, 3.63) is 17.5 Å². The Hall–Kier alpha value is -1.36. The fourth-order valence-electron chi connectivity index (χ4n) is 0.943. The second-order valence-corrected chi connectivity index (χ2v) is 2.65. The highest BCUT2D eigenvalue weighted by atomic mass is 16.5. The molecule has 5 nitrogen and oxygen atoms in total. The minimum absolute atomic E-state index is 0.169. The van der Waals surface area contributed by atoms with Crippen LogP contribution >= 0.6 is 0 Å². The van der Waals surface area contributed by atoms with Crippen LogP contribution in [0, 0.1) is 6.92 Å². The number of rotatable bonds is 3. The predicted octanol–water partition coefficient (Wildman–Crippen LogP) is 0.0594. The van der Waals surface area contributed by atoms with Gasteiger partial charge in [-0.3, -0.25) is 0 Å². The molecular weight excluding hydrogens is 174 g/mol. The molecule has 1 N–H and O–H groups in total. The first-order valence-corrected chi connectivity index (χ1v) is 3.81. The van der Waals surface area contributed by atoms with E-state index in [-0.39, 0.29) is 6.42 Å². The van der Waals surface area contributed by atoms with Gasteiger partial charge in [0, 0.05) is 12.0 Å². The van der Waals surface area contributed by atoms with Gasteiger partial charge in [0.25, 0.3) is 0 Å². The largest absolute Gasteiger partial charge is 0.467 e.